The van der Waals surface area contributed by atoms with E-state index in [1.54, 1.807) is 0 Å². The van der Waals surface area contributed by atoms with Gasteiger partial charge in [0.1, 0.15) is 6.10 Å². The van der Waals surface area contributed by atoms with Gasteiger partial charge in [-0.25, -0.2) is 22.8 Å². The number of rotatable bonds is 4. The Bertz CT molecular complexity index is 904. The van der Waals surface area contributed by atoms with Crippen molar-refractivity contribution in [3.63, 3.8) is 0 Å². The molecule has 1 saturated heterocycles. The van der Waals surface area contributed by atoms with Gasteiger partial charge in [-0.05, 0) is 25.0 Å². The summed E-state index contributed by atoms with van der Waals surface area (Å²) in [5.41, 5.74) is -1.21. The molecular formula is C16H15F4N3O3S. The zero-order chi connectivity index (χ0) is 19.7. The summed E-state index contributed by atoms with van der Waals surface area (Å²) in [6.07, 6.45) is -2.79. The first-order chi connectivity index (χ1) is 12.7. The predicted octanol–water partition coefficient (Wildman–Crippen LogP) is 2.87. The van der Waals surface area contributed by atoms with Gasteiger partial charge in [0, 0.05) is 6.54 Å². The monoisotopic (exact) mass is 405 g/mol. The fourth-order valence-electron chi connectivity index (χ4n) is 2.79. The van der Waals surface area contributed by atoms with Gasteiger partial charge in [0.25, 0.3) is 0 Å². The Hall–Kier alpha value is -2.27. The van der Waals surface area contributed by atoms with Crippen LogP contribution < -0.4 is 4.74 Å². The molecule has 0 amide bonds. The summed E-state index contributed by atoms with van der Waals surface area (Å²) in [5, 5.41) is 0. The summed E-state index contributed by atoms with van der Waals surface area (Å²) in [5.74, 6) is -0.654. The van der Waals surface area contributed by atoms with Gasteiger partial charge in [0.15, 0.2) is 5.82 Å². The summed E-state index contributed by atoms with van der Waals surface area (Å²) in [7, 11) is -4.38. The van der Waals surface area contributed by atoms with E-state index in [1.807, 2.05) is 0 Å². The van der Waals surface area contributed by atoms with Gasteiger partial charge in [-0.2, -0.15) is 17.5 Å². The van der Waals surface area contributed by atoms with Gasteiger partial charge in [-0.1, -0.05) is 12.1 Å². The molecule has 2 aromatic rings. The minimum atomic E-state index is -4.79. The quantitative estimate of drug-likeness (QED) is 0.732. The molecule has 1 fully saturated rings. The molecule has 1 unspecified atom stereocenters. The molecule has 0 N–H and O–H groups in total. The number of aromatic nitrogens is 2. The fourth-order valence-corrected chi connectivity index (χ4v) is 4.52. The lowest BCUT2D eigenvalue weighted by Gasteiger charge is -2.32. The van der Waals surface area contributed by atoms with Crippen LogP contribution in [0, 0.1) is 5.82 Å². The van der Waals surface area contributed by atoms with Crippen LogP contribution in [0.25, 0.3) is 0 Å². The number of alkyl halides is 3. The topological polar surface area (TPSA) is 72.4 Å². The third-order valence-corrected chi connectivity index (χ3v) is 5.94. The number of halogens is 4. The number of piperidine rings is 1. The predicted molar refractivity (Wildman–Crippen MR) is 85.8 cm³/mol. The molecular weight excluding hydrogens is 390 g/mol. The van der Waals surface area contributed by atoms with Gasteiger partial charge in [0.2, 0.25) is 10.0 Å². The molecule has 0 aliphatic carbocycles. The van der Waals surface area contributed by atoms with Crippen molar-refractivity contribution in [2.24, 2.45) is 0 Å². The highest BCUT2D eigenvalue weighted by Crippen LogP contribution is 2.35. The molecule has 2 heterocycles. The molecule has 0 spiro atoms. The number of hydrogen-bond acceptors (Lipinski definition) is 5. The van der Waals surface area contributed by atoms with E-state index in [0.717, 1.165) is 34.9 Å². The Morgan fingerprint density at radius 3 is 2.48 bits per heavy atom. The Morgan fingerprint density at radius 1 is 1.15 bits per heavy atom. The molecule has 146 valence electrons. The van der Waals surface area contributed by atoms with Crippen LogP contribution in [0.15, 0.2) is 41.6 Å². The number of ether oxygens (including phenoxy) is 1. The first-order valence-corrected chi connectivity index (χ1v) is 9.42. The van der Waals surface area contributed by atoms with Crippen molar-refractivity contribution in [2.75, 3.05) is 13.1 Å². The summed E-state index contributed by atoms with van der Waals surface area (Å²) in [6, 6.07) is 3.92. The van der Waals surface area contributed by atoms with Crippen molar-refractivity contribution in [3.05, 3.63) is 48.0 Å². The van der Waals surface area contributed by atoms with E-state index in [2.05, 4.69) is 9.97 Å². The Kier molecular flexibility index (Phi) is 5.33. The van der Waals surface area contributed by atoms with E-state index < -0.39 is 38.6 Å². The van der Waals surface area contributed by atoms with Crippen LogP contribution in [-0.4, -0.2) is 41.9 Å². The van der Waals surface area contributed by atoms with Crippen LogP contribution in [0.1, 0.15) is 18.4 Å². The standard InChI is InChI=1S/C16H15F4N3O3S/c17-11-8-21-15(22-9-11)26-12-4-3-7-23(10-12)27(24,25)14-6-2-1-5-13(14)16(18,19)20/h1-2,5-6,8-9,12H,3-4,7,10H2. The molecule has 1 aromatic heterocycles. The lowest BCUT2D eigenvalue weighted by Crippen LogP contribution is -2.44. The Morgan fingerprint density at radius 2 is 1.81 bits per heavy atom. The third kappa shape index (κ3) is 4.35. The van der Waals surface area contributed by atoms with Crippen LogP contribution >= 0.6 is 0 Å². The summed E-state index contributed by atoms with van der Waals surface area (Å²) < 4.78 is 84.4. The van der Waals surface area contributed by atoms with Crippen molar-refractivity contribution in [1.82, 2.24) is 14.3 Å². The van der Waals surface area contributed by atoms with E-state index in [-0.39, 0.29) is 19.1 Å². The Labute approximate surface area is 152 Å². The first kappa shape index (κ1) is 19.5. The van der Waals surface area contributed by atoms with Crippen LogP contribution in [0.2, 0.25) is 0 Å². The van der Waals surface area contributed by atoms with E-state index in [0.29, 0.717) is 12.8 Å². The van der Waals surface area contributed by atoms with E-state index in [4.69, 9.17) is 4.74 Å². The highest BCUT2D eigenvalue weighted by molar-refractivity contribution is 7.89. The lowest BCUT2D eigenvalue weighted by molar-refractivity contribution is -0.139. The summed E-state index contributed by atoms with van der Waals surface area (Å²) >= 11 is 0. The van der Waals surface area contributed by atoms with E-state index >= 15 is 0 Å². The molecule has 27 heavy (non-hydrogen) atoms. The van der Waals surface area contributed by atoms with Gasteiger partial charge < -0.3 is 4.74 Å². The van der Waals surface area contributed by atoms with E-state index in [9.17, 15) is 26.0 Å². The number of nitrogens with zero attached hydrogens (tertiary/aromatic N) is 3. The Balaban J connectivity index is 1.82. The van der Waals surface area contributed by atoms with Crippen molar-refractivity contribution < 1.29 is 30.7 Å². The van der Waals surface area contributed by atoms with Crippen molar-refractivity contribution >= 4 is 10.0 Å². The van der Waals surface area contributed by atoms with Crippen molar-refractivity contribution in [2.45, 2.75) is 30.0 Å². The largest absolute Gasteiger partial charge is 0.459 e. The molecule has 0 saturated carbocycles. The third-order valence-electron chi connectivity index (χ3n) is 4.02. The average Bonchev–Trinajstić information content (AvgIpc) is 2.63. The molecule has 1 aromatic carbocycles. The highest BCUT2D eigenvalue weighted by Gasteiger charge is 2.40. The number of hydrogen-bond donors (Lipinski definition) is 0. The van der Waals surface area contributed by atoms with Gasteiger partial charge in [-0.3, -0.25) is 0 Å². The number of benzene rings is 1. The maximum absolute atomic E-state index is 13.2. The fraction of sp³-hybridized carbons (Fsp3) is 0.375. The molecule has 3 rings (SSSR count). The maximum Gasteiger partial charge on any atom is 0.417 e. The lowest BCUT2D eigenvalue weighted by atomic mass is 10.1. The zero-order valence-corrected chi connectivity index (χ0v) is 14.7. The second-order valence-electron chi connectivity index (χ2n) is 5.92. The average molecular weight is 405 g/mol. The normalized spacial score (nSPS) is 19.0. The smallest absolute Gasteiger partial charge is 0.417 e. The molecule has 0 radical (unpaired) electrons. The highest BCUT2D eigenvalue weighted by atomic mass is 32.2. The SMILES string of the molecule is O=S(=O)(c1ccccc1C(F)(F)F)N1CCCC(Oc2ncc(F)cn2)C1. The maximum atomic E-state index is 13.2. The van der Waals surface area contributed by atoms with Crippen LogP contribution in [0.3, 0.4) is 0 Å². The molecule has 1 atom stereocenters. The second kappa shape index (κ2) is 7.39. The van der Waals surface area contributed by atoms with Crippen LogP contribution in [0.4, 0.5) is 17.6 Å². The van der Waals surface area contributed by atoms with Gasteiger partial charge in [-0.15, -0.1) is 0 Å². The van der Waals surface area contributed by atoms with Gasteiger partial charge in [0.05, 0.1) is 29.4 Å². The summed E-state index contributed by atoms with van der Waals surface area (Å²) in [4.78, 5) is 6.48. The summed E-state index contributed by atoms with van der Waals surface area (Å²) in [6.45, 7) is -0.0894. The van der Waals surface area contributed by atoms with E-state index in [1.165, 1.54) is 6.07 Å². The van der Waals surface area contributed by atoms with Crippen molar-refractivity contribution in [1.29, 1.82) is 0 Å². The van der Waals surface area contributed by atoms with Crippen LogP contribution in [0.5, 0.6) is 6.01 Å². The number of sulfonamides is 1. The minimum absolute atomic E-state index is 0.0681. The van der Waals surface area contributed by atoms with Crippen LogP contribution in [-0.2, 0) is 16.2 Å². The molecule has 0 bridgehead atoms. The second-order valence-corrected chi connectivity index (χ2v) is 7.83. The van der Waals surface area contributed by atoms with Gasteiger partial charge >= 0.3 is 12.2 Å². The van der Waals surface area contributed by atoms with Crippen molar-refractivity contribution in [3.8, 4) is 6.01 Å². The zero-order valence-electron chi connectivity index (χ0n) is 13.9. The minimum Gasteiger partial charge on any atom is -0.459 e. The molecule has 1 aliphatic rings. The molecule has 11 heteroatoms. The molecule has 6 nitrogen and oxygen atoms in total. The first-order valence-electron chi connectivity index (χ1n) is 7.98. The molecule has 1 aliphatic heterocycles.